The molecule has 2 N–H and O–H groups in total. The lowest BCUT2D eigenvalue weighted by Gasteiger charge is -2.29. The van der Waals surface area contributed by atoms with E-state index in [4.69, 9.17) is 9.84 Å². The number of allylic oxidation sites excluding steroid dienone is 1. The molecule has 0 spiro atoms. The van der Waals surface area contributed by atoms with Gasteiger partial charge in [-0.15, -0.1) is 0 Å². The van der Waals surface area contributed by atoms with Crippen LogP contribution >= 0.6 is 0 Å². The molecule has 0 aliphatic heterocycles. The number of benzene rings is 1. The lowest BCUT2D eigenvalue weighted by Crippen LogP contribution is -2.46. The van der Waals surface area contributed by atoms with E-state index in [2.05, 4.69) is 5.32 Å². The van der Waals surface area contributed by atoms with E-state index in [1.807, 2.05) is 12.2 Å². The van der Waals surface area contributed by atoms with E-state index in [1.165, 1.54) is 17.0 Å². The second-order valence-electron chi connectivity index (χ2n) is 6.09. The van der Waals surface area contributed by atoms with Gasteiger partial charge in [-0.1, -0.05) is 24.3 Å². The lowest BCUT2D eigenvalue weighted by molar-refractivity contribution is -0.133. The Morgan fingerprint density at radius 2 is 1.92 bits per heavy atom. The van der Waals surface area contributed by atoms with Gasteiger partial charge in [-0.25, -0.2) is 9.59 Å². The van der Waals surface area contributed by atoms with Crippen LogP contribution in [-0.2, 0) is 16.1 Å². The second kappa shape index (κ2) is 8.32. The molecule has 0 fully saturated rings. The first-order valence-corrected chi connectivity index (χ1v) is 8.02. The highest BCUT2D eigenvalue weighted by atomic mass is 16.5. The van der Waals surface area contributed by atoms with Crippen molar-refractivity contribution in [3.8, 4) is 0 Å². The van der Waals surface area contributed by atoms with Crippen LogP contribution in [0.1, 0.15) is 28.8 Å². The molecule has 7 nitrogen and oxygen atoms in total. The average Bonchev–Trinajstić information content (AvgIpc) is 2.60. The third kappa shape index (κ3) is 5.07. The van der Waals surface area contributed by atoms with Gasteiger partial charge in [0.25, 0.3) is 0 Å². The van der Waals surface area contributed by atoms with Crippen molar-refractivity contribution in [3.63, 3.8) is 0 Å². The van der Waals surface area contributed by atoms with E-state index in [-0.39, 0.29) is 24.0 Å². The first-order valence-electron chi connectivity index (χ1n) is 8.02. The molecule has 7 heteroatoms. The van der Waals surface area contributed by atoms with Gasteiger partial charge >= 0.3 is 12.1 Å². The summed E-state index contributed by atoms with van der Waals surface area (Å²) in [5.41, 5.74) is 0.853. The van der Waals surface area contributed by atoms with Gasteiger partial charge in [0.05, 0.1) is 17.5 Å². The Morgan fingerprint density at radius 3 is 2.52 bits per heavy atom. The predicted octanol–water partition coefficient (Wildman–Crippen LogP) is 2.03. The molecule has 2 amide bonds. The molecule has 1 aliphatic carbocycles. The standard InChI is InChI=1S/C18H22N2O5/c1-20(2)16(21)14-5-3-4-6-15(14)19-18(24)25-11-12-7-9-13(10-8-12)17(22)23/h4,6-10,14-15H,3,5,11H2,1-2H3,(H,19,24)(H,22,23)/t14-,15-/m0/s1. The number of rotatable bonds is 5. The van der Waals surface area contributed by atoms with Gasteiger partial charge in [0.2, 0.25) is 5.91 Å². The number of hydrogen-bond acceptors (Lipinski definition) is 4. The number of alkyl carbamates (subject to hydrolysis) is 1. The third-order valence-electron chi connectivity index (χ3n) is 4.03. The quantitative estimate of drug-likeness (QED) is 0.796. The Balaban J connectivity index is 1.90. The molecule has 0 saturated carbocycles. The number of aromatic carboxylic acids is 1. The van der Waals surface area contributed by atoms with Crippen LogP contribution in [0.5, 0.6) is 0 Å². The molecule has 0 heterocycles. The number of carboxylic acid groups (broad SMARTS) is 1. The molecule has 25 heavy (non-hydrogen) atoms. The normalized spacial score (nSPS) is 19.1. The van der Waals surface area contributed by atoms with Gasteiger partial charge in [-0.2, -0.15) is 0 Å². The Morgan fingerprint density at radius 1 is 1.24 bits per heavy atom. The highest BCUT2D eigenvalue weighted by Crippen LogP contribution is 2.21. The van der Waals surface area contributed by atoms with Crippen LogP contribution in [0.4, 0.5) is 4.79 Å². The lowest BCUT2D eigenvalue weighted by atomic mass is 9.88. The maximum Gasteiger partial charge on any atom is 0.407 e. The second-order valence-corrected chi connectivity index (χ2v) is 6.09. The molecule has 1 aliphatic rings. The third-order valence-corrected chi connectivity index (χ3v) is 4.03. The number of amides is 2. The van der Waals surface area contributed by atoms with E-state index in [0.29, 0.717) is 12.0 Å². The van der Waals surface area contributed by atoms with Crippen LogP contribution in [0.3, 0.4) is 0 Å². The zero-order valence-corrected chi connectivity index (χ0v) is 14.3. The fraction of sp³-hybridized carbons (Fsp3) is 0.389. The summed E-state index contributed by atoms with van der Waals surface area (Å²) in [4.78, 5) is 36.5. The van der Waals surface area contributed by atoms with Crippen LogP contribution in [0.15, 0.2) is 36.4 Å². The number of nitrogens with zero attached hydrogens (tertiary/aromatic N) is 1. The Kier molecular flexibility index (Phi) is 6.16. The predicted molar refractivity (Wildman–Crippen MR) is 91.1 cm³/mol. The summed E-state index contributed by atoms with van der Waals surface area (Å²) in [6.45, 7) is 0.0223. The SMILES string of the molecule is CN(C)C(=O)[C@H]1CCC=C[C@@H]1NC(=O)OCc1ccc(C(=O)O)cc1. The molecule has 134 valence electrons. The smallest absolute Gasteiger partial charge is 0.407 e. The fourth-order valence-electron chi connectivity index (χ4n) is 2.66. The van der Waals surface area contributed by atoms with E-state index in [9.17, 15) is 14.4 Å². The molecule has 0 bridgehead atoms. The summed E-state index contributed by atoms with van der Waals surface area (Å²) in [6, 6.07) is 5.69. The van der Waals surface area contributed by atoms with Crippen molar-refractivity contribution >= 4 is 18.0 Å². The highest BCUT2D eigenvalue weighted by molar-refractivity contribution is 5.87. The van der Waals surface area contributed by atoms with Crippen LogP contribution < -0.4 is 5.32 Å². The van der Waals surface area contributed by atoms with E-state index in [1.54, 1.807) is 26.2 Å². The molecule has 0 unspecified atom stereocenters. The van der Waals surface area contributed by atoms with Crippen LogP contribution in [0, 0.1) is 5.92 Å². The molecule has 2 rings (SSSR count). The Bertz CT molecular complexity index is 667. The zero-order valence-electron chi connectivity index (χ0n) is 14.3. The fourth-order valence-corrected chi connectivity index (χ4v) is 2.66. The summed E-state index contributed by atoms with van der Waals surface area (Å²) >= 11 is 0. The first-order chi connectivity index (χ1) is 11.9. The number of carboxylic acids is 1. The summed E-state index contributed by atoms with van der Waals surface area (Å²) in [6.07, 6.45) is 4.62. The van der Waals surface area contributed by atoms with Crippen molar-refractivity contribution in [3.05, 3.63) is 47.5 Å². The van der Waals surface area contributed by atoms with Crippen molar-refractivity contribution < 1.29 is 24.2 Å². The van der Waals surface area contributed by atoms with E-state index in [0.717, 1.165) is 6.42 Å². The van der Waals surface area contributed by atoms with Gasteiger partial charge in [0, 0.05) is 14.1 Å². The van der Waals surface area contributed by atoms with Gasteiger partial charge < -0.3 is 20.1 Å². The van der Waals surface area contributed by atoms with Crippen molar-refractivity contribution in [1.82, 2.24) is 10.2 Å². The highest BCUT2D eigenvalue weighted by Gasteiger charge is 2.30. The molecule has 2 atom stereocenters. The molecule has 1 aromatic rings. The van der Waals surface area contributed by atoms with Gasteiger partial charge in [0.1, 0.15) is 6.61 Å². The minimum atomic E-state index is -1.01. The number of carbonyl (C=O) groups excluding carboxylic acids is 2. The zero-order chi connectivity index (χ0) is 18.4. The van der Waals surface area contributed by atoms with Crippen LogP contribution in [-0.4, -0.2) is 48.1 Å². The van der Waals surface area contributed by atoms with Crippen LogP contribution in [0.25, 0.3) is 0 Å². The Labute approximate surface area is 146 Å². The van der Waals surface area contributed by atoms with Crippen molar-refractivity contribution in [1.29, 1.82) is 0 Å². The van der Waals surface area contributed by atoms with E-state index >= 15 is 0 Å². The first kappa shape index (κ1) is 18.5. The minimum absolute atomic E-state index is 0.0223. The molecular formula is C18H22N2O5. The summed E-state index contributed by atoms with van der Waals surface area (Å²) in [7, 11) is 3.38. The largest absolute Gasteiger partial charge is 0.478 e. The maximum atomic E-state index is 12.2. The van der Waals surface area contributed by atoms with Crippen molar-refractivity contribution in [2.45, 2.75) is 25.5 Å². The van der Waals surface area contributed by atoms with Gasteiger partial charge in [-0.05, 0) is 30.5 Å². The maximum absolute atomic E-state index is 12.2. The van der Waals surface area contributed by atoms with Crippen molar-refractivity contribution in [2.24, 2.45) is 5.92 Å². The summed E-state index contributed by atoms with van der Waals surface area (Å²) in [5.74, 6) is -1.34. The number of carbonyl (C=O) groups is 3. The average molecular weight is 346 g/mol. The molecule has 0 saturated heterocycles. The molecular weight excluding hydrogens is 324 g/mol. The van der Waals surface area contributed by atoms with Gasteiger partial charge in [0.15, 0.2) is 0 Å². The topological polar surface area (TPSA) is 95.9 Å². The molecule has 1 aromatic carbocycles. The minimum Gasteiger partial charge on any atom is -0.478 e. The summed E-state index contributed by atoms with van der Waals surface area (Å²) in [5, 5.41) is 11.6. The number of nitrogens with one attached hydrogen (secondary N) is 1. The molecule has 0 aromatic heterocycles. The Hall–Kier alpha value is -2.83. The number of ether oxygens (including phenoxy) is 1. The van der Waals surface area contributed by atoms with Gasteiger partial charge in [-0.3, -0.25) is 4.79 Å². The van der Waals surface area contributed by atoms with E-state index < -0.39 is 18.1 Å². The van der Waals surface area contributed by atoms with Crippen molar-refractivity contribution in [2.75, 3.05) is 14.1 Å². The van der Waals surface area contributed by atoms with Crippen LogP contribution in [0.2, 0.25) is 0 Å². The molecule has 0 radical (unpaired) electrons. The monoisotopic (exact) mass is 346 g/mol. The summed E-state index contributed by atoms with van der Waals surface area (Å²) < 4.78 is 5.16. The number of hydrogen-bond donors (Lipinski definition) is 2.